The molecule has 0 aromatic rings. The van der Waals surface area contributed by atoms with Crippen molar-refractivity contribution in [1.82, 2.24) is 21.3 Å². The lowest BCUT2D eigenvalue weighted by molar-refractivity contribution is -0.143. The van der Waals surface area contributed by atoms with Crippen LogP contribution < -0.4 is 27.0 Å². The molecule has 4 atom stereocenters. The van der Waals surface area contributed by atoms with E-state index in [0.717, 1.165) is 6.42 Å². The second-order valence-electron chi connectivity index (χ2n) is 8.32. The molecule has 198 valence electrons. The van der Waals surface area contributed by atoms with Gasteiger partial charge in [-0.25, -0.2) is 4.79 Å². The number of nitrogens with one attached hydrogen (secondary N) is 4. The van der Waals surface area contributed by atoms with Crippen LogP contribution in [0.1, 0.15) is 57.8 Å². The lowest BCUT2D eigenvalue weighted by Crippen LogP contribution is -2.57. The van der Waals surface area contributed by atoms with E-state index in [4.69, 9.17) is 15.9 Å². The van der Waals surface area contributed by atoms with Gasteiger partial charge in [0.1, 0.15) is 18.1 Å². The van der Waals surface area contributed by atoms with Crippen LogP contribution in [0.25, 0.3) is 0 Å². The van der Waals surface area contributed by atoms with Gasteiger partial charge >= 0.3 is 17.9 Å². The summed E-state index contributed by atoms with van der Waals surface area (Å²) in [4.78, 5) is 71.5. The minimum atomic E-state index is -1.48. The summed E-state index contributed by atoms with van der Waals surface area (Å²) in [7, 11) is 0. The smallest absolute Gasteiger partial charge is 0.326 e. The van der Waals surface area contributed by atoms with Gasteiger partial charge in [0.15, 0.2) is 0 Å². The average molecular weight is 502 g/mol. The number of hydrogen-bond donors (Lipinski definition) is 8. The molecule has 0 spiro atoms. The van der Waals surface area contributed by atoms with Crippen LogP contribution in [0, 0.1) is 0 Å². The van der Waals surface area contributed by atoms with E-state index < -0.39 is 72.6 Å². The topological polar surface area (TPSA) is 237 Å². The van der Waals surface area contributed by atoms with Crippen molar-refractivity contribution in [2.75, 3.05) is 13.1 Å². The predicted octanol–water partition coefficient (Wildman–Crippen LogP) is -1.86. The summed E-state index contributed by atoms with van der Waals surface area (Å²) < 4.78 is 0. The molecule has 1 aliphatic heterocycles. The number of carbonyl (C=O) groups is 6. The molecule has 1 heterocycles. The van der Waals surface area contributed by atoms with E-state index in [0.29, 0.717) is 32.4 Å². The molecule has 1 saturated heterocycles. The molecule has 0 aliphatic carbocycles. The average Bonchev–Trinajstić information content (AvgIpc) is 3.33. The first-order valence-electron chi connectivity index (χ1n) is 11.6. The molecule has 4 unspecified atom stereocenters. The van der Waals surface area contributed by atoms with Crippen molar-refractivity contribution in [3.63, 3.8) is 0 Å². The molecule has 0 radical (unpaired) electrons. The van der Waals surface area contributed by atoms with E-state index in [1.807, 2.05) is 0 Å². The Labute approximate surface area is 202 Å². The standard InChI is InChI=1S/C21H35N5O9/c22-10-2-1-4-13(19(32)26-15(21(34)35)7-9-17(29)30)24-20(33)14(6-8-16(27)28)25-18(31)12-5-3-11-23-12/h12-15,23H,1-11,22H2,(H,24,33)(H,25,31)(H,26,32)(H,27,28)(H,29,30)(H,34,35). The van der Waals surface area contributed by atoms with Crippen molar-refractivity contribution < 1.29 is 44.1 Å². The molecule has 0 aromatic carbocycles. The van der Waals surface area contributed by atoms with Crippen molar-refractivity contribution >= 4 is 35.6 Å². The molecule has 3 amide bonds. The lowest BCUT2D eigenvalue weighted by atomic mass is 10.0. The Morgan fingerprint density at radius 1 is 0.800 bits per heavy atom. The minimum absolute atomic E-state index is 0.101. The lowest BCUT2D eigenvalue weighted by Gasteiger charge is -2.25. The van der Waals surface area contributed by atoms with Crippen molar-refractivity contribution in [3.05, 3.63) is 0 Å². The summed E-state index contributed by atoms with van der Waals surface area (Å²) in [5.74, 6) is -5.92. The maximum Gasteiger partial charge on any atom is 0.326 e. The summed E-state index contributed by atoms with van der Waals surface area (Å²) in [6.45, 7) is 0.963. The van der Waals surface area contributed by atoms with Crippen LogP contribution in [0.5, 0.6) is 0 Å². The fourth-order valence-corrected chi connectivity index (χ4v) is 3.55. The van der Waals surface area contributed by atoms with Gasteiger partial charge in [-0.15, -0.1) is 0 Å². The maximum atomic E-state index is 13.0. The van der Waals surface area contributed by atoms with E-state index >= 15 is 0 Å². The molecule has 9 N–H and O–H groups in total. The monoisotopic (exact) mass is 501 g/mol. The summed E-state index contributed by atoms with van der Waals surface area (Å²) in [5.41, 5.74) is 5.48. The van der Waals surface area contributed by atoms with E-state index in [1.165, 1.54) is 0 Å². The van der Waals surface area contributed by atoms with Crippen LogP contribution >= 0.6 is 0 Å². The first kappa shape index (κ1) is 29.8. The highest BCUT2D eigenvalue weighted by atomic mass is 16.4. The Kier molecular flexibility index (Phi) is 13.3. The minimum Gasteiger partial charge on any atom is -0.481 e. The van der Waals surface area contributed by atoms with E-state index in [2.05, 4.69) is 21.3 Å². The van der Waals surface area contributed by atoms with Crippen LogP contribution in [0.4, 0.5) is 0 Å². The first-order valence-corrected chi connectivity index (χ1v) is 11.6. The molecule has 1 aliphatic rings. The summed E-state index contributed by atoms with van der Waals surface area (Å²) >= 11 is 0. The summed E-state index contributed by atoms with van der Waals surface area (Å²) in [6, 6.07) is -4.42. The van der Waals surface area contributed by atoms with Gasteiger partial charge in [0, 0.05) is 12.8 Å². The Morgan fingerprint density at radius 3 is 1.83 bits per heavy atom. The number of hydrogen-bond acceptors (Lipinski definition) is 8. The van der Waals surface area contributed by atoms with Gasteiger partial charge in [0.2, 0.25) is 17.7 Å². The van der Waals surface area contributed by atoms with Crippen LogP contribution in [-0.4, -0.2) is 88.2 Å². The Morgan fingerprint density at radius 2 is 1.34 bits per heavy atom. The van der Waals surface area contributed by atoms with Gasteiger partial charge in [0.05, 0.1) is 6.04 Å². The van der Waals surface area contributed by atoms with Gasteiger partial charge in [0.25, 0.3) is 0 Å². The second kappa shape index (κ2) is 15.6. The summed E-state index contributed by atoms with van der Waals surface area (Å²) in [5, 5.41) is 37.3. The molecule has 1 rings (SSSR count). The van der Waals surface area contributed by atoms with E-state index in [9.17, 15) is 33.9 Å². The third-order valence-electron chi connectivity index (χ3n) is 5.50. The SMILES string of the molecule is NCCCCC(NC(=O)C(CCC(=O)O)NC(=O)C1CCCN1)C(=O)NC(CCC(=O)O)C(=O)O. The number of amides is 3. The number of aliphatic carboxylic acids is 3. The largest absolute Gasteiger partial charge is 0.481 e. The van der Waals surface area contributed by atoms with Crippen molar-refractivity contribution in [1.29, 1.82) is 0 Å². The molecule has 0 aromatic heterocycles. The van der Waals surface area contributed by atoms with Gasteiger partial charge in [-0.05, 0) is 58.0 Å². The predicted molar refractivity (Wildman–Crippen MR) is 121 cm³/mol. The molecule has 14 nitrogen and oxygen atoms in total. The number of carboxylic acids is 3. The second-order valence-corrected chi connectivity index (χ2v) is 8.32. The number of nitrogens with two attached hydrogens (primary N) is 1. The van der Waals surface area contributed by atoms with E-state index in [-0.39, 0.29) is 19.3 Å². The summed E-state index contributed by atoms with van der Waals surface area (Å²) in [6.07, 6.45) is 0.920. The highest BCUT2D eigenvalue weighted by molar-refractivity contribution is 5.94. The molecular weight excluding hydrogens is 466 g/mol. The fraction of sp³-hybridized carbons (Fsp3) is 0.714. The van der Waals surface area contributed by atoms with Gasteiger partial charge in [-0.2, -0.15) is 0 Å². The van der Waals surface area contributed by atoms with Crippen LogP contribution in [-0.2, 0) is 28.8 Å². The van der Waals surface area contributed by atoms with Crippen molar-refractivity contribution in [3.8, 4) is 0 Å². The Balaban J connectivity index is 2.94. The van der Waals surface area contributed by atoms with Gasteiger partial charge in [-0.1, -0.05) is 0 Å². The highest BCUT2D eigenvalue weighted by Gasteiger charge is 2.31. The number of unbranched alkanes of at least 4 members (excludes halogenated alkanes) is 1. The fourth-order valence-electron chi connectivity index (χ4n) is 3.55. The third-order valence-corrected chi connectivity index (χ3v) is 5.50. The van der Waals surface area contributed by atoms with Crippen molar-refractivity contribution in [2.24, 2.45) is 5.73 Å². The maximum absolute atomic E-state index is 13.0. The Bertz CT molecular complexity index is 770. The molecule has 0 saturated carbocycles. The molecule has 1 fully saturated rings. The Hall–Kier alpha value is -3.26. The zero-order valence-corrected chi connectivity index (χ0v) is 19.5. The number of rotatable bonds is 17. The van der Waals surface area contributed by atoms with Gasteiger partial charge < -0.3 is 42.3 Å². The van der Waals surface area contributed by atoms with E-state index in [1.54, 1.807) is 0 Å². The first-order chi connectivity index (χ1) is 16.5. The zero-order valence-electron chi connectivity index (χ0n) is 19.5. The van der Waals surface area contributed by atoms with Crippen LogP contribution in [0.2, 0.25) is 0 Å². The third kappa shape index (κ3) is 11.6. The molecule has 0 bridgehead atoms. The molecular formula is C21H35N5O9. The van der Waals surface area contributed by atoms with Crippen molar-refractivity contribution in [2.45, 2.75) is 82.0 Å². The van der Waals surface area contributed by atoms with Gasteiger partial charge in [-0.3, -0.25) is 24.0 Å². The van der Waals surface area contributed by atoms with Crippen LogP contribution in [0.3, 0.4) is 0 Å². The normalized spacial score (nSPS) is 17.6. The highest BCUT2D eigenvalue weighted by Crippen LogP contribution is 2.09. The van der Waals surface area contributed by atoms with Crippen LogP contribution in [0.15, 0.2) is 0 Å². The number of carboxylic acid groups (broad SMARTS) is 3. The quantitative estimate of drug-likeness (QED) is 0.103. The molecule has 35 heavy (non-hydrogen) atoms. The zero-order chi connectivity index (χ0) is 26.4. The number of carbonyl (C=O) groups excluding carboxylic acids is 3. The molecule has 14 heteroatoms.